The van der Waals surface area contributed by atoms with E-state index >= 15 is 0 Å². The van der Waals surface area contributed by atoms with Crippen molar-refractivity contribution < 1.29 is 19.0 Å². The largest absolute Gasteiger partial charge is 0.493 e. The predicted molar refractivity (Wildman–Crippen MR) is 97.6 cm³/mol. The van der Waals surface area contributed by atoms with Gasteiger partial charge in [0.15, 0.2) is 16.7 Å². The van der Waals surface area contributed by atoms with Gasteiger partial charge in [-0.1, -0.05) is 17.8 Å². The number of rotatable bonds is 4. The number of carbonyl (C=O) groups is 1. The Morgan fingerprint density at radius 2 is 1.88 bits per heavy atom. The van der Waals surface area contributed by atoms with Gasteiger partial charge < -0.3 is 19.1 Å². The Balaban J connectivity index is 2.17. The number of carbonyl (C=O) groups excluding carboxylic acids is 1. The van der Waals surface area contributed by atoms with Gasteiger partial charge >= 0.3 is 5.97 Å². The maximum absolute atomic E-state index is 12.5. The van der Waals surface area contributed by atoms with Crippen molar-refractivity contribution in [3.8, 4) is 11.5 Å². The molecule has 0 amide bonds. The number of nitrogens with zero attached hydrogens (tertiary/aromatic N) is 2. The van der Waals surface area contributed by atoms with Crippen LogP contribution in [0.4, 0.5) is 0 Å². The van der Waals surface area contributed by atoms with Crippen molar-refractivity contribution in [3.63, 3.8) is 0 Å². The minimum atomic E-state index is -0.384. The van der Waals surface area contributed by atoms with Crippen LogP contribution in [0.2, 0.25) is 0 Å². The zero-order chi connectivity index (χ0) is 18.1. The molecule has 0 N–H and O–H groups in total. The lowest BCUT2D eigenvalue weighted by Crippen LogP contribution is -2.35. The number of hydrogen-bond donors (Lipinski definition) is 0. The number of hydrogen-bond acceptors (Lipinski definition) is 7. The van der Waals surface area contributed by atoms with E-state index in [-0.39, 0.29) is 12.0 Å². The average Bonchev–Trinajstić information content (AvgIpc) is 2.99. The second-order valence-corrected chi connectivity index (χ2v) is 6.49. The van der Waals surface area contributed by atoms with Crippen LogP contribution in [0.5, 0.6) is 11.5 Å². The fraction of sp³-hybridized carbons (Fsp3) is 0.333. The predicted octanol–water partition coefficient (Wildman–Crippen LogP) is 3.47. The van der Waals surface area contributed by atoms with E-state index < -0.39 is 0 Å². The fourth-order valence-corrected chi connectivity index (χ4v) is 3.98. The highest BCUT2D eigenvalue weighted by molar-refractivity contribution is 8.16. The molecule has 6 nitrogen and oxygen atoms in total. The van der Waals surface area contributed by atoms with Crippen LogP contribution < -0.4 is 9.47 Å². The smallest absolute Gasteiger partial charge is 0.338 e. The second kappa shape index (κ2) is 6.84. The zero-order valence-electron chi connectivity index (χ0n) is 14.8. The van der Waals surface area contributed by atoms with Crippen molar-refractivity contribution in [1.82, 2.24) is 4.90 Å². The average molecular weight is 360 g/mol. The molecule has 1 aromatic carbocycles. The molecule has 0 bridgehead atoms. The molecule has 132 valence electrons. The molecule has 3 rings (SSSR count). The summed E-state index contributed by atoms with van der Waals surface area (Å²) in [5, 5.41) is 2.88. The van der Waals surface area contributed by atoms with Crippen LogP contribution in [0.25, 0.3) is 0 Å². The SMILES string of the molecule is COC(=O)C1=C(C)N=C2SC=C(C)N2C1c1ccc(OC)c(OC)c1. The Morgan fingerprint density at radius 3 is 2.52 bits per heavy atom. The molecule has 0 saturated heterocycles. The summed E-state index contributed by atoms with van der Waals surface area (Å²) in [5.74, 6) is 0.864. The number of ether oxygens (including phenoxy) is 3. The number of thioether (sulfide) groups is 1. The van der Waals surface area contributed by atoms with Gasteiger partial charge in [0, 0.05) is 5.70 Å². The molecule has 7 heteroatoms. The Hall–Kier alpha value is -2.41. The molecule has 1 atom stereocenters. The third-order valence-corrected chi connectivity index (χ3v) is 5.19. The first-order valence-electron chi connectivity index (χ1n) is 7.74. The van der Waals surface area contributed by atoms with Crippen molar-refractivity contribution in [2.24, 2.45) is 4.99 Å². The number of esters is 1. The molecule has 0 aromatic heterocycles. The summed E-state index contributed by atoms with van der Waals surface area (Å²) in [4.78, 5) is 19.1. The van der Waals surface area contributed by atoms with Crippen LogP contribution in [0.15, 0.2) is 45.6 Å². The van der Waals surface area contributed by atoms with Crippen molar-refractivity contribution >= 4 is 22.9 Å². The third kappa shape index (κ3) is 2.89. The van der Waals surface area contributed by atoms with Crippen LogP contribution in [0.1, 0.15) is 25.5 Å². The Labute approximate surface area is 151 Å². The summed E-state index contributed by atoms with van der Waals surface area (Å²) in [6.07, 6.45) is 0. The van der Waals surface area contributed by atoms with E-state index in [4.69, 9.17) is 14.2 Å². The maximum Gasteiger partial charge on any atom is 0.338 e. The molecule has 25 heavy (non-hydrogen) atoms. The van der Waals surface area contributed by atoms with E-state index in [2.05, 4.69) is 4.99 Å². The van der Waals surface area contributed by atoms with Gasteiger partial charge in [0.25, 0.3) is 0 Å². The summed E-state index contributed by atoms with van der Waals surface area (Å²) in [6, 6.07) is 5.33. The number of allylic oxidation sites excluding steroid dienone is 2. The Kier molecular flexibility index (Phi) is 4.76. The molecule has 0 fully saturated rings. The monoisotopic (exact) mass is 360 g/mol. The standard InChI is InChI=1S/C18H20N2O4S/c1-10-9-25-18-19-11(2)15(17(21)24-5)16(20(10)18)12-6-7-13(22-3)14(8-12)23-4/h6-9,16H,1-5H3. The van der Waals surface area contributed by atoms with E-state index in [9.17, 15) is 4.79 Å². The zero-order valence-corrected chi connectivity index (χ0v) is 15.6. The van der Waals surface area contributed by atoms with Gasteiger partial charge in [0.2, 0.25) is 0 Å². The van der Waals surface area contributed by atoms with Gasteiger partial charge in [-0.15, -0.1) is 0 Å². The molecular weight excluding hydrogens is 340 g/mol. The van der Waals surface area contributed by atoms with Gasteiger partial charge in [-0.05, 0) is 37.0 Å². The molecule has 2 aliphatic rings. The minimum absolute atomic E-state index is 0.328. The van der Waals surface area contributed by atoms with E-state index in [0.29, 0.717) is 22.8 Å². The van der Waals surface area contributed by atoms with Crippen LogP contribution in [-0.2, 0) is 9.53 Å². The number of amidine groups is 1. The van der Waals surface area contributed by atoms with Crippen LogP contribution >= 0.6 is 11.8 Å². The molecule has 0 saturated carbocycles. The summed E-state index contributed by atoms with van der Waals surface area (Å²) in [7, 11) is 4.57. The van der Waals surface area contributed by atoms with Crippen molar-refractivity contribution in [2.45, 2.75) is 19.9 Å². The first kappa shape index (κ1) is 17.4. The molecule has 0 spiro atoms. The summed E-state index contributed by atoms with van der Waals surface area (Å²) >= 11 is 1.55. The Morgan fingerprint density at radius 1 is 1.16 bits per heavy atom. The number of methoxy groups -OCH3 is 3. The van der Waals surface area contributed by atoms with E-state index in [1.807, 2.05) is 42.4 Å². The van der Waals surface area contributed by atoms with Gasteiger partial charge in [-0.3, -0.25) is 0 Å². The summed E-state index contributed by atoms with van der Waals surface area (Å²) in [6.45, 7) is 3.83. The van der Waals surface area contributed by atoms with Gasteiger partial charge in [-0.2, -0.15) is 0 Å². The Bertz CT molecular complexity index is 813. The highest BCUT2D eigenvalue weighted by Gasteiger charge is 2.39. The van der Waals surface area contributed by atoms with Gasteiger partial charge in [0.05, 0.1) is 38.6 Å². The molecule has 1 aromatic rings. The van der Waals surface area contributed by atoms with E-state index in [1.54, 1.807) is 26.0 Å². The van der Waals surface area contributed by atoms with Crippen molar-refractivity contribution in [1.29, 1.82) is 0 Å². The lowest BCUT2D eigenvalue weighted by Gasteiger charge is -2.35. The first-order valence-corrected chi connectivity index (χ1v) is 8.62. The van der Waals surface area contributed by atoms with Crippen LogP contribution in [0, 0.1) is 0 Å². The number of benzene rings is 1. The summed E-state index contributed by atoms with van der Waals surface area (Å²) in [5.41, 5.74) is 3.11. The second-order valence-electron chi connectivity index (χ2n) is 5.65. The topological polar surface area (TPSA) is 60.4 Å². The quantitative estimate of drug-likeness (QED) is 0.766. The molecule has 1 unspecified atom stereocenters. The molecule has 2 heterocycles. The normalized spacial score (nSPS) is 19.2. The fourth-order valence-electron chi connectivity index (χ4n) is 3.04. The highest BCUT2D eigenvalue weighted by atomic mass is 32.2. The lowest BCUT2D eigenvalue weighted by molar-refractivity contribution is -0.136. The molecule has 0 radical (unpaired) electrons. The van der Waals surface area contributed by atoms with Gasteiger partial charge in [-0.25, -0.2) is 9.79 Å². The van der Waals surface area contributed by atoms with Gasteiger partial charge in [0.1, 0.15) is 0 Å². The van der Waals surface area contributed by atoms with E-state index in [1.165, 1.54) is 7.11 Å². The van der Waals surface area contributed by atoms with Crippen LogP contribution in [-0.4, -0.2) is 37.4 Å². The highest BCUT2D eigenvalue weighted by Crippen LogP contribution is 2.45. The number of aliphatic imine (C=N–C) groups is 1. The van der Waals surface area contributed by atoms with Crippen LogP contribution in [0.3, 0.4) is 0 Å². The van der Waals surface area contributed by atoms with E-state index in [0.717, 1.165) is 16.4 Å². The third-order valence-electron chi connectivity index (χ3n) is 4.23. The molecular formula is C18H20N2O4S. The lowest BCUT2D eigenvalue weighted by atomic mass is 9.94. The van der Waals surface area contributed by atoms with Crippen molar-refractivity contribution in [3.05, 3.63) is 46.1 Å². The first-order chi connectivity index (χ1) is 12.0. The molecule has 0 aliphatic carbocycles. The van der Waals surface area contributed by atoms with Crippen molar-refractivity contribution in [2.75, 3.05) is 21.3 Å². The maximum atomic E-state index is 12.5. The molecule has 2 aliphatic heterocycles. The minimum Gasteiger partial charge on any atom is -0.493 e. The summed E-state index contributed by atoms with van der Waals surface area (Å²) < 4.78 is 15.8. The number of fused-ring (bicyclic) bond motifs is 1.